The number of aromatic nitrogens is 1. The van der Waals surface area contributed by atoms with Gasteiger partial charge < -0.3 is 10.2 Å². The van der Waals surface area contributed by atoms with Crippen molar-refractivity contribution in [3.63, 3.8) is 0 Å². The summed E-state index contributed by atoms with van der Waals surface area (Å²) in [5, 5.41) is 4.34. The van der Waals surface area contributed by atoms with Gasteiger partial charge in [-0.05, 0) is 47.0 Å². The molecule has 2 aromatic rings. The number of halogens is 1. The predicted octanol–water partition coefficient (Wildman–Crippen LogP) is 3.42. The molecule has 1 aromatic heterocycles. The molecule has 21 heavy (non-hydrogen) atoms. The fourth-order valence-corrected chi connectivity index (χ4v) is 3.10. The molecule has 4 nitrogen and oxygen atoms in total. The van der Waals surface area contributed by atoms with Crippen molar-refractivity contribution in [1.82, 2.24) is 9.88 Å². The SMILES string of the molecule is O=C(CCNc1ccc2cccc(Br)c2n1)N1CCCC1. The van der Waals surface area contributed by atoms with Crippen LogP contribution in [0.5, 0.6) is 0 Å². The molecule has 1 amide bonds. The van der Waals surface area contributed by atoms with Crippen LogP contribution in [0.25, 0.3) is 10.9 Å². The first-order chi connectivity index (χ1) is 10.2. The summed E-state index contributed by atoms with van der Waals surface area (Å²) >= 11 is 3.52. The van der Waals surface area contributed by atoms with Gasteiger partial charge >= 0.3 is 0 Å². The van der Waals surface area contributed by atoms with Gasteiger partial charge in [0.25, 0.3) is 0 Å². The lowest BCUT2D eigenvalue weighted by Crippen LogP contribution is -2.29. The highest BCUT2D eigenvalue weighted by molar-refractivity contribution is 9.10. The average Bonchev–Trinajstić information content (AvgIpc) is 3.02. The number of rotatable bonds is 4. The zero-order valence-corrected chi connectivity index (χ0v) is 13.4. The monoisotopic (exact) mass is 347 g/mol. The topological polar surface area (TPSA) is 45.2 Å². The molecule has 0 spiro atoms. The van der Waals surface area contributed by atoms with Gasteiger partial charge in [0.2, 0.25) is 5.91 Å². The molecule has 2 heterocycles. The maximum atomic E-state index is 12.0. The second kappa shape index (κ2) is 6.43. The van der Waals surface area contributed by atoms with Crippen LogP contribution in [0.3, 0.4) is 0 Å². The van der Waals surface area contributed by atoms with Gasteiger partial charge in [0, 0.05) is 35.9 Å². The number of likely N-dealkylation sites (tertiary alicyclic amines) is 1. The lowest BCUT2D eigenvalue weighted by Gasteiger charge is -2.15. The number of fused-ring (bicyclic) bond motifs is 1. The number of nitrogens with zero attached hydrogens (tertiary/aromatic N) is 2. The number of anilines is 1. The summed E-state index contributed by atoms with van der Waals surface area (Å²) < 4.78 is 0.983. The Bertz CT molecular complexity index is 653. The van der Waals surface area contributed by atoms with Gasteiger partial charge in [-0.15, -0.1) is 0 Å². The van der Waals surface area contributed by atoms with E-state index >= 15 is 0 Å². The van der Waals surface area contributed by atoms with Crippen molar-refractivity contribution in [3.05, 3.63) is 34.8 Å². The van der Waals surface area contributed by atoms with Crippen molar-refractivity contribution in [2.45, 2.75) is 19.3 Å². The van der Waals surface area contributed by atoms with Crippen molar-refractivity contribution >= 4 is 38.6 Å². The van der Waals surface area contributed by atoms with E-state index in [1.165, 1.54) is 0 Å². The zero-order chi connectivity index (χ0) is 14.7. The number of hydrogen-bond donors (Lipinski definition) is 1. The third-order valence-electron chi connectivity index (χ3n) is 3.77. The van der Waals surface area contributed by atoms with E-state index in [2.05, 4.69) is 26.2 Å². The van der Waals surface area contributed by atoms with Crippen LogP contribution in [-0.4, -0.2) is 35.4 Å². The van der Waals surface area contributed by atoms with Crippen molar-refractivity contribution in [1.29, 1.82) is 0 Å². The van der Waals surface area contributed by atoms with Crippen molar-refractivity contribution in [2.75, 3.05) is 25.0 Å². The molecule has 110 valence electrons. The molecule has 1 aliphatic heterocycles. The Morgan fingerprint density at radius 1 is 1.24 bits per heavy atom. The van der Waals surface area contributed by atoms with Crippen molar-refractivity contribution in [3.8, 4) is 0 Å². The van der Waals surface area contributed by atoms with Gasteiger partial charge in [-0.2, -0.15) is 0 Å². The number of nitrogens with one attached hydrogen (secondary N) is 1. The summed E-state index contributed by atoms with van der Waals surface area (Å²) in [6, 6.07) is 10.0. The van der Waals surface area contributed by atoms with Crippen LogP contribution in [0.2, 0.25) is 0 Å². The van der Waals surface area contributed by atoms with E-state index in [-0.39, 0.29) is 5.91 Å². The molecular formula is C16H18BrN3O. The third kappa shape index (κ3) is 3.35. The summed E-state index contributed by atoms with van der Waals surface area (Å²) in [5.74, 6) is 1.05. The molecular weight excluding hydrogens is 330 g/mol. The van der Waals surface area contributed by atoms with Crippen LogP contribution >= 0.6 is 15.9 Å². The van der Waals surface area contributed by atoms with Gasteiger partial charge in [-0.1, -0.05) is 12.1 Å². The molecule has 0 aliphatic carbocycles. The predicted molar refractivity (Wildman–Crippen MR) is 88.4 cm³/mol. The van der Waals surface area contributed by atoms with Crippen LogP contribution in [0.15, 0.2) is 34.8 Å². The Hall–Kier alpha value is -1.62. The van der Waals surface area contributed by atoms with Crippen molar-refractivity contribution < 1.29 is 4.79 Å². The first-order valence-corrected chi connectivity index (χ1v) is 8.10. The number of amides is 1. The largest absolute Gasteiger partial charge is 0.370 e. The maximum absolute atomic E-state index is 12.0. The molecule has 3 rings (SSSR count). The molecule has 0 saturated carbocycles. The van der Waals surface area contributed by atoms with Crippen LogP contribution in [0, 0.1) is 0 Å². The fraction of sp³-hybridized carbons (Fsp3) is 0.375. The van der Waals surface area contributed by atoms with Crippen LogP contribution in [0.4, 0.5) is 5.82 Å². The van der Waals surface area contributed by atoms with Crippen LogP contribution < -0.4 is 5.32 Å². The lowest BCUT2D eigenvalue weighted by atomic mass is 10.2. The molecule has 0 bridgehead atoms. The molecule has 1 saturated heterocycles. The van der Waals surface area contributed by atoms with Crippen molar-refractivity contribution in [2.24, 2.45) is 0 Å². The quantitative estimate of drug-likeness (QED) is 0.921. The minimum atomic E-state index is 0.238. The van der Waals surface area contributed by atoms with E-state index in [1.807, 2.05) is 35.2 Å². The molecule has 0 unspecified atom stereocenters. The Kier molecular flexibility index (Phi) is 4.39. The maximum Gasteiger partial charge on any atom is 0.224 e. The van der Waals surface area contributed by atoms with Crippen LogP contribution in [-0.2, 0) is 4.79 Å². The lowest BCUT2D eigenvalue weighted by molar-refractivity contribution is -0.129. The zero-order valence-electron chi connectivity index (χ0n) is 11.8. The van der Waals surface area contributed by atoms with E-state index in [1.54, 1.807) is 0 Å². The molecule has 0 atom stereocenters. The van der Waals surface area contributed by atoms with Gasteiger partial charge in [-0.3, -0.25) is 4.79 Å². The van der Waals surface area contributed by atoms with Gasteiger partial charge in [-0.25, -0.2) is 4.98 Å². The summed E-state index contributed by atoms with van der Waals surface area (Å²) in [5.41, 5.74) is 0.938. The van der Waals surface area contributed by atoms with E-state index < -0.39 is 0 Å². The second-order valence-electron chi connectivity index (χ2n) is 5.27. The number of benzene rings is 1. The van der Waals surface area contributed by atoms with E-state index in [0.29, 0.717) is 13.0 Å². The fourth-order valence-electron chi connectivity index (χ4n) is 2.63. The molecule has 0 radical (unpaired) electrons. The summed E-state index contributed by atoms with van der Waals surface area (Å²) in [4.78, 5) is 18.5. The van der Waals surface area contributed by atoms with E-state index in [4.69, 9.17) is 0 Å². The normalized spacial score (nSPS) is 14.6. The molecule has 5 heteroatoms. The first-order valence-electron chi connectivity index (χ1n) is 7.31. The van der Waals surface area contributed by atoms with Gasteiger partial charge in [0.05, 0.1) is 5.52 Å². The Morgan fingerprint density at radius 3 is 2.86 bits per heavy atom. The minimum absolute atomic E-state index is 0.238. The highest BCUT2D eigenvalue weighted by Gasteiger charge is 2.17. The molecule has 1 N–H and O–H groups in total. The summed E-state index contributed by atoms with van der Waals surface area (Å²) in [6.07, 6.45) is 2.80. The minimum Gasteiger partial charge on any atom is -0.370 e. The summed E-state index contributed by atoms with van der Waals surface area (Å²) in [7, 11) is 0. The average molecular weight is 348 g/mol. The first kappa shape index (κ1) is 14.3. The second-order valence-corrected chi connectivity index (χ2v) is 6.13. The highest BCUT2D eigenvalue weighted by atomic mass is 79.9. The number of para-hydroxylation sites is 1. The van der Waals surface area contributed by atoms with Gasteiger partial charge in [0.15, 0.2) is 0 Å². The molecule has 1 fully saturated rings. The Morgan fingerprint density at radius 2 is 2.05 bits per heavy atom. The molecule has 1 aliphatic rings. The van der Waals surface area contributed by atoms with E-state index in [9.17, 15) is 4.79 Å². The van der Waals surface area contributed by atoms with E-state index in [0.717, 1.165) is 47.1 Å². The third-order valence-corrected chi connectivity index (χ3v) is 4.41. The van der Waals surface area contributed by atoms with Crippen LogP contribution in [0.1, 0.15) is 19.3 Å². The smallest absolute Gasteiger partial charge is 0.224 e. The molecule has 1 aromatic carbocycles. The Labute approximate surface area is 132 Å². The number of hydrogen-bond acceptors (Lipinski definition) is 3. The number of pyridine rings is 1. The number of carbonyl (C=O) groups excluding carboxylic acids is 1. The Balaban J connectivity index is 1.60. The standard InChI is InChI=1S/C16H18BrN3O/c17-13-5-3-4-12-6-7-14(19-16(12)13)18-9-8-15(21)20-10-1-2-11-20/h3-7H,1-2,8-11H2,(H,18,19). The summed E-state index contributed by atoms with van der Waals surface area (Å²) in [6.45, 7) is 2.46. The number of carbonyl (C=O) groups is 1. The highest BCUT2D eigenvalue weighted by Crippen LogP contribution is 2.23. The van der Waals surface area contributed by atoms with Gasteiger partial charge in [0.1, 0.15) is 5.82 Å².